The van der Waals surface area contributed by atoms with E-state index in [-0.39, 0.29) is 16.6 Å². The minimum atomic E-state index is -2.17. The van der Waals surface area contributed by atoms with Crippen LogP contribution in [0.5, 0.6) is 0 Å². The Bertz CT molecular complexity index is 344. The van der Waals surface area contributed by atoms with Gasteiger partial charge in [-0.25, -0.2) is 0 Å². The van der Waals surface area contributed by atoms with Gasteiger partial charge in [-0.05, 0) is 49.0 Å². The summed E-state index contributed by atoms with van der Waals surface area (Å²) in [6.45, 7) is 26.4. The first-order valence-corrected chi connectivity index (χ1v) is 12.9. The Morgan fingerprint density at radius 2 is 1.10 bits per heavy atom. The lowest BCUT2D eigenvalue weighted by Gasteiger charge is -2.54. The van der Waals surface area contributed by atoms with Crippen molar-refractivity contribution in [2.75, 3.05) is 0 Å². The second-order valence-electron chi connectivity index (χ2n) is 9.87. The molecule has 0 radical (unpaired) electrons. The SMILES string of the molecule is CC(C)(C)[N-]P(=N[Si](C)(C)C)(NC(C)(C)C)NC(C)(C)C. The maximum absolute atomic E-state index is 5.26. The first-order chi connectivity index (χ1) is 8.83. The summed E-state index contributed by atoms with van der Waals surface area (Å²) in [7, 11) is -3.81. The van der Waals surface area contributed by atoms with Gasteiger partial charge in [-0.2, -0.15) is 0 Å². The molecular formula is C15H38N4PSi-. The highest BCUT2D eigenvalue weighted by molar-refractivity contribution is 7.66. The molecule has 0 saturated carbocycles. The van der Waals surface area contributed by atoms with Crippen LogP contribution in [0.2, 0.25) is 19.6 Å². The monoisotopic (exact) mass is 333 g/mol. The van der Waals surface area contributed by atoms with E-state index in [1.165, 1.54) is 0 Å². The molecule has 0 fully saturated rings. The third-order valence-electron chi connectivity index (χ3n) is 1.87. The summed E-state index contributed by atoms with van der Waals surface area (Å²) in [5, 5.41) is 12.6. The van der Waals surface area contributed by atoms with E-state index in [2.05, 4.69) is 92.1 Å². The van der Waals surface area contributed by atoms with Crippen LogP contribution in [0.3, 0.4) is 0 Å². The lowest BCUT2D eigenvalue weighted by atomic mass is 10.1. The minimum absolute atomic E-state index is 0.0378. The van der Waals surface area contributed by atoms with Gasteiger partial charge in [0.1, 0.15) is 0 Å². The first kappa shape index (κ1) is 21.3. The first-order valence-electron chi connectivity index (χ1n) is 7.79. The van der Waals surface area contributed by atoms with E-state index in [1.54, 1.807) is 0 Å². The van der Waals surface area contributed by atoms with E-state index < -0.39 is 15.7 Å². The fourth-order valence-corrected chi connectivity index (χ4v) is 8.90. The van der Waals surface area contributed by atoms with Crippen molar-refractivity contribution in [2.24, 2.45) is 4.41 Å². The Labute approximate surface area is 134 Å². The topological polar surface area (TPSA) is 50.5 Å². The maximum atomic E-state index is 5.26. The van der Waals surface area contributed by atoms with Gasteiger partial charge in [-0.3, -0.25) is 10.2 Å². The molecule has 0 rings (SSSR count). The molecule has 0 aromatic rings. The molecule has 6 heteroatoms. The molecule has 0 aromatic heterocycles. The van der Waals surface area contributed by atoms with E-state index >= 15 is 0 Å². The average molecular weight is 334 g/mol. The van der Waals surface area contributed by atoms with Gasteiger partial charge in [0.15, 0.2) is 8.24 Å². The van der Waals surface area contributed by atoms with Crippen LogP contribution < -0.4 is 10.2 Å². The van der Waals surface area contributed by atoms with E-state index in [9.17, 15) is 0 Å². The van der Waals surface area contributed by atoms with Crippen molar-refractivity contribution in [3.8, 4) is 0 Å². The van der Waals surface area contributed by atoms with Crippen molar-refractivity contribution in [3.63, 3.8) is 0 Å². The van der Waals surface area contributed by atoms with Gasteiger partial charge in [-0.15, -0.1) is 5.54 Å². The summed E-state index contributed by atoms with van der Waals surface area (Å²) in [4.78, 5) is 0. The number of hydrogen-bond acceptors (Lipinski definition) is 1. The minimum Gasteiger partial charge on any atom is -0.592 e. The quantitative estimate of drug-likeness (QED) is 0.511. The number of hydrogen-bond donors (Lipinski definition) is 2. The summed E-state index contributed by atoms with van der Waals surface area (Å²) in [5.41, 5.74) is -0.207. The Kier molecular flexibility index (Phi) is 6.54. The van der Waals surface area contributed by atoms with E-state index in [0.717, 1.165) is 0 Å². The van der Waals surface area contributed by atoms with Crippen molar-refractivity contribution in [1.82, 2.24) is 10.2 Å². The highest BCUT2D eigenvalue weighted by Gasteiger charge is 2.27. The van der Waals surface area contributed by atoms with Gasteiger partial charge >= 0.3 is 0 Å². The largest absolute Gasteiger partial charge is 0.592 e. The Morgan fingerprint density at radius 1 is 0.762 bits per heavy atom. The molecule has 0 saturated heterocycles. The lowest BCUT2D eigenvalue weighted by Crippen LogP contribution is -2.45. The lowest BCUT2D eigenvalue weighted by molar-refractivity contribution is 0.489. The van der Waals surface area contributed by atoms with Crippen LogP contribution in [0.15, 0.2) is 4.41 Å². The third kappa shape index (κ3) is 11.5. The van der Waals surface area contributed by atoms with Crippen LogP contribution in [0.4, 0.5) is 0 Å². The summed E-state index contributed by atoms with van der Waals surface area (Å²) in [6, 6.07) is 0. The molecule has 21 heavy (non-hydrogen) atoms. The molecule has 0 atom stereocenters. The fourth-order valence-electron chi connectivity index (χ4n) is 1.95. The maximum Gasteiger partial charge on any atom is 0.171 e. The summed E-state index contributed by atoms with van der Waals surface area (Å²) in [6.07, 6.45) is 0. The zero-order chi connectivity index (χ0) is 17.3. The molecule has 2 N–H and O–H groups in total. The van der Waals surface area contributed by atoms with Gasteiger partial charge < -0.3 is 9.50 Å². The highest BCUT2D eigenvalue weighted by Crippen LogP contribution is 2.56. The van der Waals surface area contributed by atoms with Gasteiger partial charge in [0, 0.05) is 11.1 Å². The summed E-state index contributed by atoms with van der Waals surface area (Å²) in [5.74, 6) is 0. The number of rotatable bonds is 4. The summed E-state index contributed by atoms with van der Waals surface area (Å²) >= 11 is 0. The van der Waals surface area contributed by atoms with E-state index in [0.29, 0.717) is 0 Å². The normalized spacial score (nSPS) is 15.2. The van der Waals surface area contributed by atoms with E-state index in [4.69, 9.17) is 9.50 Å². The van der Waals surface area contributed by atoms with Gasteiger partial charge in [0.05, 0.1) is 0 Å². The van der Waals surface area contributed by atoms with Crippen LogP contribution in [0.1, 0.15) is 62.3 Å². The van der Waals surface area contributed by atoms with Crippen LogP contribution in [-0.2, 0) is 0 Å². The molecule has 0 spiro atoms. The molecule has 0 aliphatic carbocycles. The Morgan fingerprint density at radius 3 is 1.29 bits per heavy atom. The van der Waals surface area contributed by atoms with Gasteiger partial charge in [0.2, 0.25) is 0 Å². The molecule has 0 aromatic carbocycles. The second-order valence-corrected chi connectivity index (χ2v) is 16.9. The zero-order valence-electron chi connectivity index (χ0n) is 16.3. The molecule has 0 aliphatic rings. The average Bonchev–Trinajstić information content (AvgIpc) is 1.83. The smallest absolute Gasteiger partial charge is 0.171 e. The molecule has 0 bridgehead atoms. The molecule has 0 aliphatic heterocycles. The predicted octanol–water partition coefficient (Wildman–Crippen LogP) is 5.72. The standard InChI is InChI=1S/C15H38N4PSi/c1-13(2,3)16-20(17-14(4,5)6,18-15(7,8)9)19-21(10,11)12/h16-17H,1-12H3/q-1. The van der Waals surface area contributed by atoms with Gasteiger partial charge in [-0.1, -0.05) is 40.4 Å². The van der Waals surface area contributed by atoms with Crippen molar-refractivity contribution in [1.29, 1.82) is 0 Å². The summed E-state index contributed by atoms with van der Waals surface area (Å²) < 4.78 is 5.26. The number of nitrogens with one attached hydrogen (secondary N) is 2. The Balaban J connectivity index is 6.02. The zero-order valence-corrected chi connectivity index (χ0v) is 18.2. The molecule has 0 amide bonds. The van der Waals surface area contributed by atoms with Crippen molar-refractivity contribution in [3.05, 3.63) is 5.09 Å². The highest BCUT2D eigenvalue weighted by atomic mass is 31.2. The van der Waals surface area contributed by atoms with Crippen LogP contribution in [-0.4, -0.2) is 24.9 Å². The fraction of sp³-hybridized carbons (Fsp3) is 1.00. The third-order valence-corrected chi connectivity index (χ3v) is 8.28. The van der Waals surface area contributed by atoms with Crippen molar-refractivity contribution >= 4 is 15.7 Å². The molecular weight excluding hydrogens is 295 g/mol. The second kappa shape index (κ2) is 6.44. The van der Waals surface area contributed by atoms with Gasteiger partial charge in [0.25, 0.3) is 0 Å². The van der Waals surface area contributed by atoms with Crippen LogP contribution in [0, 0.1) is 0 Å². The molecule has 0 heterocycles. The predicted molar refractivity (Wildman–Crippen MR) is 102 cm³/mol. The molecule has 0 unspecified atom stereocenters. The molecule has 4 nitrogen and oxygen atoms in total. The van der Waals surface area contributed by atoms with Crippen LogP contribution in [0.25, 0.3) is 5.09 Å². The molecule has 128 valence electrons. The van der Waals surface area contributed by atoms with Crippen LogP contribution >= 0.6 is 7.51 Å². The van der Waals surface area contributed by atoms with Crippen molar-refractivity contribution < 1.29 is 0 Å². The number of nitrogens with zero attached hydrogens (tertiary/aromatic N) is 2. The Hall–Kier alpha value is 0.327. The van der Waals surface area contributed by atoms with Crippen molar-refractivity contribution in [2.45, 2.75) is 98.6 Å². The van der Waals surface area contributed by atoms with E-state index in [1.807, 2.05) is 0 Å².